The van der Waals surface area contributed by atoms with Gasteiger partial charge in [-0.05, 0) is 26.2 Å². The van der Waals surface area contributed by atoms with E-state index in [0.29, 0.717) is 13.0 Å². The van der Waals surface area contributed by atoms with E-state index in [4.69, 9.17) is 4.74 Å². The Hall–Kier alpha value is -1.12. The summed E-state index contributed by atoms with van der Waals surface area (Å²) >= 11 is 0. The number of rotatable bonds is 2. The molecule has 0 aromatic rings. The molecule has 3 nitrogen and oxygen atoms in total. The maximum Gasteiger partial charge on any atom is 0.320 e. The predicted molar refractivity (Wildman–Crippen MR) is 55.2 cm³/mol. The van der Waals surface area contributed by atoms with Crippen molar-refractivity contribution in [3.8, 4) is 0 Å². The fraction of sp³-hybridized carbons (Fsp3) is 0.667. The third-order valence-electron chi connectivity index (χ3n) is 3.61. The minimum absolute atomic E-state index is 0.0402. The Bertz CT molecular complexity index is 319. The van der Waals surface area contributed by atoms with Crippen molar-refractivity contribution in [2.45, 2.75) is 32.6 Å². The Kier molecular flexibility index (Phi) is 2.63. The summed E-state index contributed by atoms with van der Waals surface area (Å²) in [5.74, 6) is -0.299. The molecule has 0 amide bonds. The Morgan fingerprint density at radius 1 is 1.60 bits per heavy atom. The van der Waals surface area contributed by atoms with Gasteiger partial charge in [-0.3, -0.25) is 9.59 Å². The van der Waals surface area contributed by atoms with Gasteiger partial charge in [-0.1, -0.05) is 12.2 Å². The predicted octanol–water partition coefficient (Wildman–Crippen LogP) is 1.86. The second-order valence-corrected chi connectivity index (χ2v) is 4.38. The standard InChI is InChI=1S/C12H16O3/c1-9(13)12(7-8-15-11(12)14)10-5-3-2-4-6-10/h3,5,10H,2,4,6-8H2,1H3. The van der Waals surface area contributed by atoms with Crippen LogP contribution < -0.4 is 0 Å². The highest BCUT2D eigenvalue weighted by Gasteiger charge is 2.53. The monoisotopic (exact) mass is 208 g/mol. The van der Waals surface area contributed by atoms with Gasteiger partial charge in [0.05, 0.1) is 6.61 Å². The van der Waals surface area contributed by atoms with E-state index in [1.165, 1.54) is 6.92 Å². The van der Waals surface area contributed by atoms with Crippen LogP contribution in [0, 0.1) is 11.3 Å². The lowest BCUT2D eigenvalue weighted by Gasteiger charge is -2.31. The van der Waals surface area contributed by atoms with Gasteiger partial charge in [0.25, 0.3) is 0 Å². The molecule has 1 heterocycles. The average molecular weight is 208 g/mol. The molecule has 1 aliphatic heterocycles. The lowest BCUT2D eigenvalue weighted by molar-refractivity contribution is -0.153. The van der Waals surface area contributed by atoms with Crippen LogP contribution in [0.15, 0.2) is 12.2 Å². The Labute approximate surface area is 89.5 Å². The summed E-state index contributed by atoms with van der Waals surface area (Å²) in [5, 5.41) is 0. The number of allylic oxidation sites excluding steroid dienone is 2. The lowest BCUT2D eigenvalue weighted by atomic mass is 9.68. The van der Waals surface area contributed by atoms with Crippen molar-refractivity contribution < 1.29 is 14.3 Å². The van der Waals surface area contributed by atoms with E-state index < -0.39 is 5.41 Å². The molecule has 1 fully saturated rings. The van der Waals surface area contributed by atoms with Gasteiger partial charge >= 0.3 is 5.97 Å². The summed E-state index contributed by atoms with van der Waals surface area (Å²) in [6.45, 7) is 1.90. The van der Waals surface area contributed by atoms with Crippen molar-refractivity contribution in [2.24, 2.45) is 11.3 Å². The lowest BCUT2D eigenvalue weighted by Crippen LogP contribution is -2.41. The molecule has 0 radical (unpaired) electrons. The zero-order valence-corrected chi connectivity index (χ0v) is 8.99. The summed E-state index contributed by atoms with van der Waals surface area (Å²) in [4.78, 5) is 23.5. The molecular weight excluding hydrogens is 192 g/mol. The van der Waals surface area contributed by atoms with Crippen LogP contribution in [0.4, 0.5) is 0 Å². The van der Waals surface area contributed by atoms with E-state index >= 15 is 0 Å². The highest BCUT2D eigenvalue weighted by Crippen LogP contribution is 2.43. The number of Topliss-reactive ketones (excluding diaryl/α,β-unsaturated/α-hetero) is 1. The van der Waals surface area contributed by atoms with Gasteiger partial charge in [0, 0.05) is 12.3 Å². The number of carbonyl (C=O) groups is 2. The fourth-order valence-corrected chi connectivity index (χ4v) is 2.68. The minimum Gasteiger partial charge on any atom is -0.465 e. The van der Waals surface area contributed by atoms with Gasteiger partial charge in [0.1, 0.15) is 11.2 Å². The first-order chi connectivity index (χ1) is 7.18. The summed E-state index contributed by atoms with van der Waals surface area (Å²) in [5.41, 5.74) is -0.864. The highest BCUT2D eigenvalue weighted by molar-refractivity contribution is 6.04. The average Bonchev–Trinajstić information content (AvgIpc) is 2.62. The van der Waals surface area contributed by atoms with Crippen molar-refractivity contribution in [3.63, 3.8) is 0 Å². The van der Waals surface area contributed by atoms with Gasteiger partial charge in [-0.15, -0.1) is 0 Å². The highest BCUT2D eigenvalue weighted by atomic mass is 16.5. The molecule has 0 N–H and O–H groups in total. The second kappa shape index (κ2) is 3.80. The quantitative estimate of drug-likeness (QED) is 0.395. The maximum absolute atomic E-state index is 11.8. The molecule has 0 bridgehead atoms. The maximum atomic E-state index is 11.8. The number of hydrogen-bond acceptors (Lipinski definition) is 3. The molecule has 0 spiro atoms. The molecule has 0 aromatic carbocycles. The van der Waals surface area contributed by atoms with E-state index in [0.717, 1.165) is 19.3 Å². The van der Waals surface area contributed by atoms with Crippen molar-refractivity contribution in [1.82, 2.24) is 0 Å². The van der Waals surface area contributed by atoms with Gasteiger partial charge in [-0.2, -0.15) is 0 Å². The summed E-state index contributed by atoms with van der Waals surface area (Å²) in [6, 6.07) is 0. The Morgan fingerprint density at radius 3 is 2.87 bits per heavy atom. The molecule has 82 valence electrons. The first-order valence-corrected chi connectivity index (χ1v) is 5.53. The molecule has 1 saturated heterocycles. The van der Waals surface area contributed by atoms with Crippen molar-refractivity contribution >= 4 is 11.8 Å². The number of carbonyl (C=O) groups excluding carboxylic acids is 2. The van der Waals surface area contributed by atoms with E-state index in [1.54, 1.807) is 0 Å². The third-order valence-corrected chi connectivity index (χ3v) is 3.61. The van der Waals surface area contributed by atoms with Gasteiger partial charge in [0.2, 0.25) is 0 Å². The van der Waals surface area contributed by atoms with E-state index in [9.17, 15) is 9.59 Å². The number of cyclic esters (lactones) is 1. The van der Waals surface area contributed by atoms with Gasteiger partial charge in [0.15, 0.2) is 0 Å². The zero-order chi connectivity index (χ0) is 10.9. The number of ketones is 1. The Balaban J connectivity index is 2.33. The number of ether oxygens (including phenoxy) is 1. The molecule has 3 heteroatoms. The summed E-state index contributed by atoms with van der Waals surface area (Å²) in [7, 11) is 0. The molecule has 2 unspecified atom stereocenters. The molecular formula is C12H16O3. The SMILES string of the molecule is CC(=O)C1(C2C=CCCC2)CCOC1=O. The topological polar surface area (TPSA) is 43.4 Å². The summed E-state index contributed by atoms with van der Waals surface area (Å²) < 4.78 is 4.99. The van der Waals surface area contributed by atoms with Crippen LogP contribution in [-0.2, 0) is 14.3 Å². The first kappa shape index (κ1) is 10.4. The smallest absolute Gasteiger partial charge is 0.320 e. The first-order valence-electron chi connectivity index (χ1n) is 5.53. The summed E-state index contributed by atoms with van der Waals surface area (Å²) in [6.07, 6.45) is 7.69. The van der Waals surface area contributed by atoms with Crippen LogP contribution >= 0.6 is 0 Å². The molecule has 1 aliphatic carbocycles. The second-order valence-electron chi connectivity index (χ2n) is 4.38. The van der Waals surface area contributed by atoms with Gasteiger partial charge < -0.3 is 4.74 Å². The zero-order valence-electron chi connectivity index (χ0n) is 8.99. The number of esters is 1. The number of hydrogen-bond donors (Lipinski definition) is 0. The van der Waals surface area contributed by atoms with Crippen LogP contribution in [0.5, 0.6) is 0 Å². The largest absolute Gasteiger partial charge is 0.465 e. The van der Waals surface area contributed by atoms with Crippen LogP contribution in [0.1, 0.15) is 32.6 Å². The van der Waals surface area contributed by atoms with Crippen LogP contribution in [-0.4, -0.2) is 18.4 Å². The van der Waals surface area contributed by atoms with E-state index in [1.807, 2.05) is 6.08 Å². The van der Waals surface area contributed by atoms with Crippen LogP contribution in [0.2, 0.25) is 0 Å². The van der Waals surface area contributed by atoms with Gasteiger partial charge in [-0.25, -0.2) is 0 Å². The molecule has 15 heavy (non-hydrogen) atoms. The van der Waals surface area contributed by atoms with Crippen molar-refractivity contribution in [2.75, 3.05) is 6.61 Å². The Morgan fingerprint density at radius 2 is 2.40 bits per heavy atom. The molecule has 2 aliphatic rings. The van der Waals surface area contributed by atoms with E-state index in [-0.39, 0.29) is 17.7 Å². The molecule has 2 rings (SSSR count). The normalized spacial score (nSPS) is 35.3. The van der Waals surface area contributed by atoms with Crippen LogP contribution in [0.25, 0.3) is 0 Å². The molecule has 0 saturated carbocycles. The fourth-order valence-electron chi connectivity index (χ4n) is 2.68. The van der Waals surface area contributed by atoms with Crippen molar-refractivity contribution in [3.05, 3.63) is 12.2 Å². The minimum atomic E-state index is -0.864. The van der Waals surface area contributed by atoms with E-state index in [2.05, 4.69) is 6.08 Å². The third kappa shape index (κ3) is 1.50. The molecule has 2 atom stereocenters. The van der Waals surface area contributed by atoms with Crippen LogP contribution in [0.3, 0.4) is 0 Å². The van der Waals surface area contributed by atoms with Crippen molar-refractivity contribution in [1.29, 1.82) is 0 Å². The molecule has 0 aromatic heterocycles.